The summed E-state index contributed by atoms with van der Waals surface area (Å²) in [7, 11) is 1.90. The minimum atomic E-state index is 0.294. The maximum atomic E-state index is 6.44. The van der Waals surface area contributed by atoms with Crippen LogP contribution in [-0.2, 0) is 7.05 Å². The van der Waals surface area contributed by atoms with Crippen LogP contribution in [0.2, 0.25) is 0 Å². The number of hydrogen-bond donors (Lipinski definition) is 2. The maximum Gasteiger partial charge on any atom is 0.233 e. The predicted octanol–water partition coefficient (Wildman–Crippen LogP) is 1.86. The molecule has 3 aromatic heterocycles. The Morgan fingerprint density at radius 1 is 1.39 bits per heavy atom. The normalized spacial score (nSPS) is 18.6. The fourth-order valence-corrected chi connectivity index (χ4v) is 3.77. The maximum absolute atomic E-state index is 6.44. The molecule has 1 aliphatic rings. The van der Waals surface area contributed by atoms with Gasteiger partial charge in [-0.25, -0.2) is 4.68 Å². The molecular formula is C18H23N9S. The van der Waals surface area contributed by atoms with E-state index in [9.17, 15) is 0 Å². The van der Waals surface area contributed by atoms with Gasteiger partial charge in [0.25, 0.3) is 0 Å². The second kappa shape index (κ2) is 8.03. The second-order valence-corrected chi connectivity index (χ2v) is 7.65. The standard InChI is InChI=1S/C18H23N9S/c1-12-15(14-8-22-26(2)10-14)9-23-27(12)17(24-18-25-21-11-28-18)6-16(19)13-4-3-5-20-7-13/h6,8-11,13,20H,3-5,7,19H2,1-2H3. The van der Waals surface area contributed by atoms with Gasteiger partial charge in [-0.05, 0) is 26.3 Å². The summed E-state index contributed by atoms with van der Waals surface area (Å²) >= 11 is 1.37. The van der Waals surface area contributed by atoms with Crippen LogP contribution < -0.4 is 11.1 Å². The second-order valence-electron chi connectivity index (χ2n) is 6.84. The molecule has 4 rings (SSSR count). The number of aromatic nitrogens is 6. The van der Waals surface area contributed by atoms with Crippen LogP contribution in [0.4, 0.5) is 5.13 Å². The minimum absolute atomic E-state index is 0.294. The molecule has 0 amide bonds. The third kappa shape index (κ3) is 3.87. The molecule has 0 radical (unpaired) electrons. The SMILES string of the molecule is Cc1c(-c2cnn(C)c2)cnn1C(C=C(N)C1CCCNC1)=Nc1nncs1. The van der Waals surface area contributed by atoms with E-state index >= 15 is 0 Å². The Balaban J connectivity index is 1.73. The monoisotopic (exact) mass is 397 g/mol. The van der Waals surface area contributed by atoms with Gasteiger partial charge in [0.2, 0.25) is 5.13 Å². The van der Waals surface area contributed by atoms with Crippen molar-refractivity contribution < 1.29 is 0 Å². The fraction of sp³-hybridized carbons (Fsp3) is 0.389. The number of aliphatic imine (C=N–C) groups is 1. The summed E-state index contributed by atoms with van der Waals surface area (Å²) in [4.78, 5) is 4.66. The van der Waals surface area contributed by atoms with E-state index < -0.39 is 0 Å². The Kier molecular flexibility index (Phi) is 5.31. The van der Waals surface area contributed by atoms with Crippen LogP contribution in [0, 0.1) is 12.8 Å². The first-order valence-corrected chi connectivity index (χ1v) is 10.1. The molecule has 0 spiro atoms. The summed E-state index contributed by atoms with van der Waals surface area (Å²) in [6.45, 7) is 3.94. The zero-order chi connectivity index (χ0) is 19.5. The van der Waals surface area contributed by atoms with Crippen molar-refractivity contribution in [1.82, 2.24) is 35.1 Å². The van der Waals surface area contributed by atoms with E-state index in [0.29, 0.717) is 16.9 Å². The first-order valence-electron chi connectivity index (χ1n) is 9.18. The van der Waals surface area contributed by atoms with Crippen LogP contribution in [0.3, 0.4) is 0 Å². The fourth-order valence-electron chi connectivity index (χ4n) is 3.34. The molecule has 0 saturated carbocycles. The number of hydrogen-bond acceptors (Lipinski definition) is 8. The number of rotatable bonds is 4. The Morgan fingerprint density at radius 2 is 2.29 bits per heavy atom. The lowest BCUT2D eigenvalue weighted by Gasteiger charge is -2.23. The quantitative estimate of drug-likeness (QED) is 0.513. The summed E-state index contributed by atoms with van der Waals surface area (Å²) in [5.74, 6) is 0.925. The van der Waals surface area contributed by atoms with Crippen LogP contribution in [0.5, 0.6) is 0 Å². The molecule has 9 nitrogen and oxygen atoms in total. The Bertz CT molecular complexity index is 990. The highest BCUT2D eigenvalue weighted by Gasteiger charge is 2.18. The van der Waals surface area contributed by atoms with E-state index in [4.69, 9.17) is 5.73 Å². The van der Waals surface area contributed by atoms with Crippen LogP contribution in [0.15, 0.2) is 40.9 Å². The van der Waals surface area contributed by atoms with Crippen molar-refractivity contribution >= 4 is 22.3 Å². The van der Waals surface area contributed by atoms with Gasteiger partial charge in [0.1, 0.15) is 5.51 Å². The highest BCUT2D eigenvalue weighted by molar-refractivity contribution is 7.13. The zero-order valence-corrected chi connectivity index (χ0v) is 16.7. The van der Waals surface area contributed by atoms with E-state index in [0.717, 1.165) is 48.4 Å². The van der Waals surface area contributed by atoms with Crippen LogP contribution >= 0.6 is 11.3 Å². The zero-order valence-electron chi connectivity index (χ0n) is 15.9. The smallest absolute Gasteiger partial charge is 0.233 e. The average molecular weight is 398 g/mol. The molecule has 1 fully saturated rings. The summed E-state index contributed by atoms with van der Waals surface area (Å²) in [6.07, 6.45) is 9.72. The van der Waals surface area contributed by atoms with E-state index in [-0.39, 0.29) is 0 Å². The molecule has 4 heterocycles. The van der Waals surface area contributed by atoms with E-state index in [2.05, 4.69) is 30.7 Å². The number of nitrogens with two attached hydrogens (primary N) is 1. The number of allylic oxidation sites excluding steroid dienone is 1. The lowest BCUT2D eigenvalue weighted by molar-refractivity contribution is 0.419. The molecule has 1 unspecified atom stereocenters. The van der Waals surface area contributed by atoms with Crippen molar-refractivity contribution in [1.29, 1.82) is 0 Å². The minimum Gasteiger partial charge on any atom is -0.402 e. The van der Waals surface area contributed by atoms with Crippen molar-refractivity contribution in [2.45, 2.75) is 19.8 Å². The van der Waals surface area contributed by atoms with Crippen molar-refractivity contribution in [2.24, 2.45) is 23.7 Å². The van der Waals surface area contributed by atoms with Crippen molar-refractivity contribution in [3.05, 3.63) is 41.6 Å². The van der Waals surface area contributed by atoms with Crippen LogP contribution in [-0.4, -0.2) is 48.7 Å². The molecule has 1 aliphatic heterocycles. The van der Waals surface area contributed by atoms with Crippen LogP contribution in [0.25, 0.3) is 11.1 Å². The Morgan fingerprint density at radius 3 is 2.96 bits per heavy atom. The average Bonchev–Trinajstić information content (AvgIpc) is 3.44. The van der Waals surface area contributed by atoms with Gasteiger partial charge in [0.15, 0.2) is 5.84 Å². The third-order valence-electron chi connectivity index (χ3n) is 4.87. The molecule has 146 valence electrons. The van der Waals surface area contributed by atoms with E-state index in [1.807, 2.05) is 38.6 Å². The van der Waals surface area contributed by atoms with E-state index in [1.165, 1.54) is 11.3 Å². The number of aryl methyl sites for hydroxylation is 1. The van der Waals surface area contributed by atoms with E-state index in [1.54, 1.807) is 14.9 Å². The molecule has 0 aliphatic carbocycles. The largest absolute Gasteiger partial charge is 0.402 e. The molecular weight excluding hydrogens is 374 g/mol. The molecule has 1 saturated heterocycles. The number of nitrogens with one attached hydrogen (secondary N) is 1. The van der Waals surface area contributed by atoms with Crippen LogP contribution in [0.1, 0.15) is 18.5 Å². The lowest BCUT2D eigenvalue weighted by atomic mass is 9.96. The summed E-state index contributed by atoms with van der Waals surface area (Å²) in [5.41, 5.74) is 11.9. The highest BCUT2D eigenvalue weighted by atomic mass is 32.1. The molecule has 0 aromatic carbocycles. The van der Waals surface area contributed by atoms with Gasteiger partial charge < -0.3 is 11.1 Å². The summed E-state index contributed by atoms with van der Waals surface area (Å²) in [6, 6.07) is 0. The third-order valence-corrected chi connectivity index (χ3v) is 5.45. The Labute approximate surface area is 167 Å². The molecule has 3 N–H and O–H groups in total. The van der Waals surface area contributed by atoms with Gasteiger partial charge in [0.05, 0.1) is 18.1 Å². The number of piperidine rings is 1. The van der Waals surface area contributed by atoms with Gasteiger partial charge in [-0.1, -0.05) is 11.3 Å². The first kappa shape index (κ1) is 18.5. The number of nitrogens with zero attached hydrogens (tertiary/aromatic N) is 7. The predicted molar refractivity (Wildman–Crippen MR) is 109 cm³/mol. The van der Waals surface area contributed by atoms with Gasteiger partial charge in [-0.3, -0.25) is 4.68 Å². The topological polar surface area (TPSA) is 112 Å². The van der Waals surface area contributed by atoms with Gasteiger partial charge in [-0.2, -0.15) is 15.2 Å². The molecule has 0 bridgehead atoms. The van der Waals surface area contributed by atoms with Gasteiger partial charge in [0, 0.05) is 48.6 Å². The molecule has 3 aromatic rings. The molecule has 10 heteroatoms. The summed E-state index contributed by atoms with van der Waals surface area (Å²) < 4.78 is 3.57. The lowest BCUT2D eigenvalue weighted by Crippen LogP contribution is -2.33. The van der Waals surface area contributed by atoms with Gasteiger partial charge in [-0.15, -0.1) is 10.2 Å². The highest BCUT2D eigenvalue weighted by Crippen LogP contribution is 2.24. The Hall–Kier alpha value is -2.85. The van der Waals surface area contributed by atoms with Crippen molar-refractivity contribution in [2.75, 3.05) is 13.1 Å². The first-order chi connectivity index (χ1) is 13.6. The molecule has 1 atom stereocenters. The summed E-state index contributed by atoms with van der Waals surface area (Å²) in [5, 5.41) is 20.7. The van der Waals surface area contributed by atoms with Gasteiger partial charge >= 0.3 is 0 Å². The van der Waals surface area contributed by atoms with Crippen molar-refractivity contribution in [3.8, 4) is 11.1 Å². The molecule has 28 heavy (non-hydrogen) atoms. The van der Waals surface area contributed by atoms with Crippen molar-refractivity contribution in [3.63, 3.8) is 0 Å².